The molecule has 0 unspecified atom stereocenters. The minimum absolute atomic E-state index is 0.137. The summed E-state index contributed by atoms with van der Waals surface area (Å²) in [5.41, 5.74) is 9.12. The van der Waals surface area contributed by atoms with Crippen molar-refractivity contribution in [3.8, 4) is 5.75 Å². The maximum absolute atomic E-state index is 13.2. The zero-order valence-electron chi connectivity index (χ0n) is 21.8. The molecule has 2 aromatic rings. The van der Waals surface area contributed by atoms with Crippen LogP contribution in [0.4, 0.5) is 0 Å². The van der Waals surface area contributed by atoms with E-state index in [4.69, 9.17) is 10.5 Å². The van der Waals surface area contributed by atoms with Gasteiger partial charge in [0.1, 0.15) is 12.4 Å². The zero-order valence-corrected chi connectivity index (χ0v) is 21.8. The fourth-order valence-corrected chi connectivity index (χ4v) is 5.15. The summed E-state index contributed by atoms with van der Waals surface area (Å²) in [4.78, 5) is 20.1. The van der Waals surface area contributed by atoms with E-state index in [9.17, 15) is 4.79 Å². The number of hydrogen-bond donors (Lipinski definition) is 1. The van der Waals surface area contributed by atoms with Crippen LogP contribution in [0.1, 0.15) is 24.0 Å². The molecule has 2 aliphatic heterocycles. The van der Waals surface area contributed by atoms with E-state index in [0.29, 0.717) is 12.5 Å². The number of ether oxygens (including phenoxy) is 1. The van der Waals surface area contributed by atoms with Gasteiger partial charge in [-0.1, -0.05) is 61.2 Å². The summed E-state index contributed by atoms with van der Waals surface area (Å²) < 4.78 is 6.00. The standard InChI is InChI=1S/C31H40N4O2/c1-2-7-26(12-15-32)23-33-16-13-29(14-17-33)31(36)35-20-18-34(19-21-35)24-28-10-6-11-30(22-28)37-25-27-8-4-3-5-9-27/h2-12,15,22,29H,1,13-14,16-21,23-25,32H2/b15-12-,26-7+. The number of rotatable bonds is 10. The second-order valence-electron chi connectivity index (χ2n) is 9.91. The summed E-state index contributed by atoms with van der Waals surface area (Å²) in [5.74, 6) is 1.37. The molecule has 1 amide bonds. The molecule has 0 bridgehead atoms. The number of likely N-dealkylation sites (tertiary alicyclic amines) is 1. The SMILES string of the molecule is C=C/C=C(\C=C/N)CN1CCC(C(=O)N2CCN(Cc3cccc(OCc4ccccc4)c3)CC2)CC1. The van der Waals surface area contributed by atoms with Gasteiger partial charge in [0, 0.05) is 45.2 Å². The van der Waals surface area contributed by atoms with E-state index in [1.165, 1.54) is 5.56 Å². The fraction of sp³-hybridized carbons (Fsp3) is 0.387. The lowest BCUT2D eigenvalue weighted by molar-refractivity contribution is -0.138. The number of amides is 1. The van der Waals surface area contributed by atoms with Crippen LogP contribution in [0.2, 0.25) is 0 Å². The Hall–Kier alpha value is -3.35. The molecule has 2 heterocycles. The molecule has 6 heteroatoms. The normalized spacial score (nSPS) is 18.3. The first kappa shape index (κ1) is 26.7. The highest BCUT2D eigenvalue weighted by Crippen LogP contribution is 2.22. The molecule has 6 nitrogen and oxygen atoms in total. The van der Waals surface area contributed by atoms with Crippen LogP contribution in [0.5, 0.6) is 5.75 Å². The van der Waals surface area contributed by atoms with Crippen molar-refractivity contribution in [2.75, 3.05) is 45.8 Å². The van der Waals surface area contributed by atoms with Gasteiger partial charge in [0.05, 0.1) is 0 Å². The van der Waals surface area contributed by atoms with E-state index in [1.54, 1.807) is 12.3 Å². The van der Waals surface area contributed by atoms with Gasteiger partial charge < -0.3 is 15.4 Å². The van der Waals surface area contributed by atoms with Crippen molar-refractivity contribution in [2.24, 2.45) is 11.7 Å². The molecule has 2 N–H and O–H groups in total. The highest BCUT2D eigenvalue weighted by molar-refractivity contribution is 5.79. The van der Waals surface area contributed by atoms with Gasteiger partial charge in [0.25, 0.3) is 0 Å². The summed E-state index contributed by atoms with van der Waals surface area (Å²) in [6, 6.07) is 18.6. The first-order valence-electron chi connectivity index (χ1n) is 13.3. The Morgan fingerprint density at radius 1 is 0.946 bits per heavy atom. The quantitative estimate of drug-likeness (QED) is 0.496. The Labute approximate surface area is 221 Å². The monoisotopic (exact) mass is 500 g/mol. The van der Waals surface area contributed by atoms with E-state index in [1.807, 2.05) is 36.4 Å². The van der Waals surface area contributed by atoms with Crippen molar-refractivity contribution < 1.29 is 9.53 Å². The smallest absolute Gasteiger partial charge is 0.225 e. The number of hydrogen-bond acceptors (Lipinski definition) is 5. The van der Waals surface area contributed by atoms with Gasteiger partial charge in [-0.05, 0) is 67.0 Å². The summed E-state index contributed by atoms with van der Waals surface area (Å²) in [6.07, 6.45) is 9.12. The highest BCUT2D eigenvalue weighted by atomic mass is 16.5. The Morgan fingerprint density at radius 2 is 1.68 bits per heavy atom. The lowest BCUT2D eigenvalue weighted by Gasteiger charge is -2.38. The van der Waals surface area contributed by atoms with Crippen LogP contribution in [0.25, 0.3) is 0 Å². The average Bonchev–Trinajstić information content (AvgIpc) is 2.93. The van der Waals surface area contributed by atoms with E-state index < -0.39 is 0 Å². The molecular formula is C31H40N4O2. The van der Waals surface area contributed by atoms with Crippen molar-refractivity contribution in [2.45, 2.75) is 26.0 Å². The van der Waals surface area contributed by atoms with Gasteiger partial charge in [-0.2, -0.15) is 0 Å². The third-order valence-corrected chi connectivity index (χ3v) is 7.22. The Balaban J connectivity index is 1.19. The van der Waals surface area contributed by atoms with Gasteiger partial charge in [-0.25, -0.2) is 0 Å². The third kappa shape index (κ3) is 8.07. The van der Waals surface area contributed by atoms with E-state index in [-0.39, 0.29) is 5.92 Å². The lowest BCUT2D eigenvalue weighted by atomic mass is 9.94. The minimum atomic E-state index is 0.137. The summed E-state index contributed by atoms with van der Waals surface area (Å²) in [7, 11) is 0. The first-order chi connectivity index (χ1) is 18.1. The van der Waals surface area contributed by atoms with Crippen molar-refractivity contribution in [1.29, 1.82) is 0 Å². The third-order valence-electron chi connectivity index (χ3n) is 7.22. The minimum Gasteiger partial charge on any atom is -0.489 e. The van der Waals surface area contributed by atoms with Gasteiger partial charge in [0.2, 0.25) is 5.91 Å². The van der Waals surface area contributed by atoms with Crippen LogP contribution in [0, 0.1) is 5.92 Å². The molecule has 0 atom stereocenters. The van der Waals surface area contributed by atoms with Crippen LogP contribution < -0.4 is 10.5 Å². The average molecular weight is 501 g/mol. The molecular weight excluding hydrogens is 460 g/mol. The molecule has 0 aliphatic carbocycles. The van der Waals surface area contributed by atoms with Gasteiger partial charge in [-0.3, -0.25) is 14.6 Å². The predicted octanol–water partition coefficient (Wildman–Crippen LogP) is 4.21. The van der Waals surface area contributed by atoms with Crippen molar-refractivity contribution in [3.05, 3.63) is 102 Å². The van der Waals surface area contributed by atoms with Gasteiger partial charge in [-0.15, -0.1) is 0 Å². The fourth-order valence-electron chi connectivity index (χ4n) is 5.15. The Morgan fingerprint density at radius 3 is 2.38 bits per heavy atom. The predicted molar refractivity (Wildman–Crippen MR) is 150 cm³/mol. The Kier molecular flexibility index (Phi) is 9.97. The van der Waals surface area contributed by atoms with Crippen LogP contribution >= 0.6 is 0 Å². The van der Waals surface area contributed by atoms with Crippen molar-refractivity contribution >= 4 is 5.91 Å². The molecule has 0 aromatic heterocycles. The van der Waals surface area contributed by atoms with Crippen LogP contribution in [0.3, 0.4) is 0 Å². The molecule has 0 radical (unpaired) electrons. The number of carbonyl (C=O) groups is 1. The van der Waals surface area contributed by atoms with Crippen molar-refractivity contribution in [1.82, 2.24) is 14.7 Å². The summed E-state index contributed by atoms with van der Waals surface area (Å²) >= 11 is 0. The number of nitrogens with zero attached hydrogens (tertiary/aromatic N) is 3. The van der Waals surface area contributed by atoms with Crippen LogP contribution in [0.15, 0.2) is 91.2 Å². The van der Waals surface area contributed by atoms with Gasteiger partial charge >= 0.3 is 0 Å². The van der Waals surface area contributed by atoms with Crippen LogP contribution in [-0.2, 0) is 17.9 Å². The molecule has 4 rings (SSSR count). The number of allylic oxidation sites excluding steroid dienone is 2. The molecule has 37 heavy (non-hydrogen) atoms. The van der Waals surface area contributed by atoms with Gasteiger partial charge in [0.15, 0.2) is 0 Å². The van der Waals surface area contributed by atoms with E-state index >= 15 is 0 Å². The molecule has 0 spiro atoms. The first-order valence-corrected chi connectivity index (χ1v) is 13.3. The number of piperidine rings is 1. The highest BCUT2D eigenvalue weighted by Gasteiger charge is 2.30. The topological polar surface area (TPSA) is 62.0 Å². The summed E-state index contributed by atoms with van der Waals surface area (Å²) in [5, 5.41) is 0. The van der Waals surface area contributed by atoms with Crippen molar-refractivity contribution in [3.63, 3.8) is 0 Å². The van der Waals surface area contributed by atoms with Crippen LogP contribution in [-0.4, -0.2) is 66.4 Å². The maximum Gasteiger partial charge on any atom is 0.225 e. The molecule has 2 saturated heterocycles. The molecule has 2 aromatic carbocycles. The number of carbonyl (C=O) groups excluding carboxylic acids is 1. The number of piperazine rings is 1. The summed E-state index contributed by atoms with van der Waals surface area (Å²) in [6.45, 7) is 11.4. The largest absolute Gasteiger partial charge is 0.489 e. The second-order valence-corrected chi connectivity index (χ2v) is 9.91. The second kappa shape index (κ2) is 13.8. The molecule has 2 aliphatic rings. The lowest BCUT2D eigenvalue weighted by Crippen LogP contribution is -2.51. The molecule has 196 valence electrons. The number of benzene rings is 2. The number of nitrogens with two attached hydrogens (primary N) is 1. The Bertz CT molecular complexity index is 1070. The molecule has 0 saturated carbocycles. The zero-order chi connectivity index (χ0) is 25.9. The maximum atomic E-state index is 13.2. The van der Waals surface area contributed by atoms with E-state index in [2.05, 4.69) is 51.6 Å². The molecule has 2 fully saturated rings. The van der Waals surface area contributed by atoms with E-state index in [0.717, 1.165) is 82.1 Å².